The largest absolute Gasteiger partial charge is 0.486 e. The van der Waals surface area contributed by atoms with Crippen molar-refractivity contribution < 1.29 is 18.7 Å². The van der Waals surface area contributed by atoms with Crippen molar-refractivity contribution in [3.63, 3.8) is 0 Å². The molecular weight excluding hydrogens is 552 g/mol. The molecule has 0 bridgehead atoms. The van der Waals surface area contributed by atoms with Gasteiger partial charge in [0, 0.05) is 37.3 Å². The van der Waals surface area contributed by atoms with Gasteiger partial charge in [-0.3, -0.25) is 14.7 Å². The van der Waals surface area contributed by atoms with Gasteiger partial charge in [0.1, 0.15) is 25.2 Å². The Bertz CT molecular complexity index is 1300. The van der Waals surface area contributed by atoms with Gasteiger partial charge in [0.2, 0.25) is 5.91 Å². The number of halogens is 3. The van der Waals surface area contributed by atoms with Gasteiger partial charge >= 0.3 is 0 Å². The van der Waals surface area contributed by atoms with Gasteiger partial charge in [-0.05, 0) is 55.3 Å². The Hall–Kier alpha value is -2.37. The quantitative estimate of drug-likeness (QED) is 0.451. The van der Waals surface area contributed by atoms with Crippen molar-refractivity contribution in [2.45, 2.75) is 36.5 Å². The number of benzene rings is 1. The van der Waals surface area contributed by atoms with Crippen LogP contribution in [0.15, 0.2) is 41.4 Å². The Morgan fingerprint density at radius 3 is 2.89 bits per heavy atom. The lowest BCUT2D eigenvalue weighted by Crippen LogP contribution is -2.51. The summed E-state index contributed by atoms with van der Waals surface area (Å²) in [6.07, 6.45) is 2.36. The van der Waals surface area contributed by atoms with E-state index < -0.39 is 6.17 Å². The van der Waals surface area contributed by atoms with Crippen LogP contribution in [-0.4, -0.2) is 71.6 Å². The molecule has 3 aliphatic rings. The van der Waals surface area contributed by atoms with Crippen LogP contribution in [0, 0.1) is 0 Å². The molecule has 0 spiro atoms. The third kappa shape index (κ3) is 6.10. The molecule has 0 aliphatic carbocycles. The summed E-state index contributed by atoms with van der Waals surface area (Å²) in [5.74, 6) is 2.50. The monoisotopic (exact) mass is 581 g/mol. The van der Waals surface area contributed by atoms with Gasteiger partial charge in [-0.15, -0.1) is 36.6 Å². The van der Waals surface area contributed by atoms with E-state index in [2.05, 4.69) is 25.5 Å². The third-order valence-electron chi connectivity index (χ3n) is 6.90. The lowest BCUT2D eigenvalue weighted by atomic mass is 10.0. The Morgan fingerprint density at radius 2 is 2.03 bits per heavy atom. The third-order valence-corrected chi connectivity index (χ3v) is 7.95. The molecule has 6 rings (SSSR count). The van der Waals surface area contributed by atoms with Crippen molar-refractivity contribution >= 4 is 59.2 Å². The molecule has 3 aliphatic heterocycles. The summed E-state index contributed by atoms with van der Waals surface area (Å²) in [5.41, 5.74) is 2.82. The molecule has 8 nitrogen and oxygen atoms in total. The molecular formula is C26H30Cl2FN5O3S. The molecule has 38 heavy (non-hydrogen) atoms. The van der Waals surface area contributed by atoms with Gasteiger partial charge in [-0.2, -0.15) is 0 Å². The minimum absolute atomic E-state index is 0. The van der Waals surface area contributed by atoms with E-state index in [1.807, 2.05) is 36.5 Å². The average molecular weight is 583 g/mol. The first-order valence-electron chi connectivity index (χ1n) is 12.3. The highest BCUT2D eigenvalue weighted by Crippen LogP contribution is 2.39. The summed E-state index contributed by atoms with van der Waals surface area (Å²) in [7, 11) is 0. The molecule has 1 aromatic carbocycles. The second-order valence-electron chi connectivity index (χ2n) is 9.28. The molecule has 12 heteroatoms. The predicted octanol–water partition coefficient (Wildman–Crippen LogP) is 4.03. The number of nitrogens with zero attached hydrogens (tertiary/aromatic N) is 3. The average Bonchev–Trinajstić information content (AvgIpc) is 2.91. The van der Waals surface area contributed by atoms with Gasteiger partial charge < -0.3 is 20.1 Å². The van der Waals surface area contributed by atoms with E-state index in [4.69, 9.17) is 9.47 Å². The van der Waals surface area contributed by atoms with E-state index in [0.717, 1.165) is 64.5 Å². The van der Waals surface area contributed by atoms with Gasteiger partial charge in [0.05, 0.1) is 21.9 Å². The molecule has 1 saturated heterocycles. The number of carbonyl (C=O) groups excluding carboxylic acids is 1. The fraction of sp³-hybridized carbons (Fsp3) is 0.423. The standard InChI is InChI=1S/C26H28FN5O3S.2ClH/c27-18-14-32(9-6-16-5-8-28-20-2-3-21-25(24(16)20)35-12-11-34-21)10-7-19(18)29-13-17-1-4-22-26(30-17)31-23(33)15-36-22;;/h1-5,8,18-19,29H,6-7,9-15H2,(H,30,31,33);2*1H/t18-,19+;;/m0../s1. The number of amides is 1. The van der Waals surface area contributed by atoms with E-state index in [-0.39, 0.29) is 36.8 Å². The van der Waals surface area contributed by atoms with Crippen LogP contribution in [0.4, 0.5) is 10.2 Å². The molecule has 2 aromatic heterocycles. The number of ether oxygens (including phenoxy) is 2. The highest BCUT2D eigenvalue weighted by molar-refractivity contribution is 8.00. The lowest BCUT2D eigenvalue weighted by molar-refractivity contribution is -0.113. The number of alkyl halides is 1. The normalized spacial score (nSPS) is 20.6. The summed E-state index contributed by atoms with van der Waals surface area (Å²) in [5, 5.41) is 7.14. The molecule has 1 fully saturated rings. The molecule has 3 aromatic rings. The number of pyridine rings is 2. The fourth-order valence-electron chi connectivity index (χ4n) is 5.04. The molecule has 204 valence electrons. The Kier molecular flexibility index (Phi) is 9.54. The lowest BCUT2D eigenvalue weighted by Gasteiger charge is -2.35. The summed E-state index contributed by atoms with van der Waals surface area (Å²) >= 11 is 1.49. The number of aromatic nitrogens is 2. The van der Waals surface area contributed by atoms with Crippen LogP contribution in [0.5, 0.6) is 11.5 Å². The van der Waals surface area contributed by atoms with Crippen LogP contribution in [0.25, 0.3) is 10.9 Å². The maximum atomic E-state index is 15.1. The fourth-order valence-corrected chi connectivity index (χ4v) is 5.80. The zero-order valence-electron chi connectivity index (χ0n) is 20.7. The van der Waals surface area contributed by atoms with Crippen molar-refractivity contribution in [2.24, 2.45) is 0 Å². The number of carbonyl (C=O) groups is 1. The maximum Gasteiger partial charge on any atom is 0.235 e. The summed E-state index contributed by atoms with van der Waals surface area (Å²) in [6, 6.07) is 9.58. The molecule has 5 heterocycles. The second-order valence-corrected chi connectivity index (χ2v) is 10.3. The van der Waals surface area contributed by atoms with Gasteiger partial charge in [0.15, 0.2) is 11.5 Å². The first-order valence-corrected chi connectivity index (χ1v) is 13.3. The van der Waals surface area contributed by atoms with Crippen molar-refractivity contribution in [1.29, 1.82) is 0 Å². The number of thioether (sulfide) groups is 1. The smallest absolute Gasteiger partial charge is 0.235 e. The van der Waals surface area contributed by atoms with E-state index in [0.29, 0.717) is 37.9 Å². The molecule has 1 amide bonds. The molecule has 0 unspecified atom stereocenters. The summed E-state index contributed by atoms with van der Waals surface area (Å²) < 4.78 is 26.8. The Morgan fingerprint density at radius 1 is 1.16 bits per heavy atom. The summed E-state index contributed by atoms with van der Waals surface area (Å²) in [6.45, 7) is 3.52. The highest BCUT2D eigenvalue weighted by Gasteiger charge is 2.29. The zero-order chi connectivity index (χ0) is 24.5. The molecule has 0 radical (unpaired) electrons. The van der Waals surface area contributed by atoms with Crippen molar-refractivity contribution in [1.82, 2.24) is 20.2 Å². The maximum absolute atomic E-state index is 15.1. The Labute approximate surface area is 237 Å². The topological polar surface area (TPSA) is 88.6 Å². The van der Waals surface area contributed by atoms with Crippen LogP contribution < -0.4 is 20.1 Å². The second kappa shape index (κ2) is 12.7. The van der Waals surface area contributed by atoms with Gasteiger partial charge in [0.25, 0.3) is 0 Å². The summed E-state index contributed by atoms with van der Waals surface area (Å²) in [4.78, 5) is 23.8. The first-order chi connectivity index (χ1) is 17.6. The van der Waals surface area contributed by atoms with Gasteiger partial charge in [-0.25, -0.2) is 9.37 Å². The highest BCUT2D eigenvalue weighted by atomic mass is 35.5. The van der Waals surface area contributed by atoms with Crippen LogP contribution in [0.3, 0.4) is 0 Å². The van der Waals surface area contributed by atoms with Crippen LogP contribution in [0.2, 0.25) is 0 Å². The zero-order valence-corrected chi connectivity index (χ0v) is 23.1. The van der Waals surface area contributed by atoms with Crippen LogP contribution in [0.1, 0.15) is 17.7 Å². The van der Waals surface area contributed by atoms with Crippen molar-refractivity contribution in [2.75, 3.05) is 43.9 Å². The number of anilines is 1. The number of hydrogen-bond acceptors (Lipinski definition) is 8. The van der Waals surface area contributed by atoms with Crippen LogP contribution >= 0.6 is 36.6 Å². The van der Waals surface area contributed by atoms with Crippen LogP contribution in [-0.2, 0) is 17.8 Å². The number of hydrogen-bond donors (Lipinski definition) is 2. The number of fused-ring (bicyclic) bond motifs is 4. The van der Waals surface area contributed by atoms with E-state index >= 15 is 4.39 Å². The SMILES string of the molecule is Cl.Cl.O=C1CSc2ccc(CN[C@@H]3CCN(CCc4ccnc5ccc6c(c45)OCCO6)C[C@@H]3F)nc2N1. The molecule has 0 saturated carbocycles. The minimum atomic E-state index is -0.967. The van der Waals surface area contributed by atoms with E-state index in [1.165, 1.54) is 11.8 Å². The minimum Gasteiger partial charge on any atom is -0.486 e. The van der Waals surface area contributed by atoms with Crippen molar-refractivity contribution in [3.8, 4) is 11.5 Å². The van der Waals surface area contributed by atoms with Gasteiger partial charge in [-0.1, -0.05) is 0 Å². The van der Waals surface area contributed by atoms with Crippen molar-refractivity contribution in [3.05, 3.63) is 47.8 Å². The Balaban J connectivity index is 0.00000168. The first kappa shape index (κ1) is 28.6. The number of rotatable bonds is 6. The van der Waals surface area contributed by atoms with E-state index in [9.17, 15) is 4.79 Å². The molecule has 2 atom stereocenters. The predicted molar refractivity (Wildman–Crippen MR) is 151 cm³/mol. The van der Waals surface area contributed by atoms with E-state index in [1.54, 1.807) is 0 Å². The number of likely N-dealkylation sites (tertiary alicyclic amines) is 1. The number of piperidine rings is 1. The molecule has 2 N–H and O–H groups in total. The number of nitrogens with one attached hydrogen (secondary N) is 2.